The van der Waals surface area contributed by atoms with Crippen LogP contribution >= 0.6 is 0 Å². The van der Waals surface area contributed by atoms with Gasteiger partial charge in [0.1, 0.15) is 0 Å². The van der Waals surface area contributed by atoms with Crippen molar-refractivity contribution in [3.63, 3.8) is 0 Å². The van der Waals surface area contributed by atoms with Crippen molar-refractivity contribution in [2.45, 2.75) is 11.9 Å². The molecule has 0 radical (unpaired) electrons. The van der Waals surface area contributed by atoms with Gasteiger partial charge < -0.3 is 0 Å². The van der Waals surface area contributed by atoms with Gasteiger partial charge in [-0.2, -0.15) is 0 Å². The van der Waals surface area contributed by atoms with Crippen molar-refractivity contribution in [2.24, 2.45) is 0 Å². The van der Waals surface area contributed by atoms with Crippen molar-refractivity contribution in [2.75, 3.05) is 0 Å². The SMILES string of the molecule is O=[N+]([O-])c1ccc(Cn2nnnc2[Se]Cc2ccccc2)c([N+](=O)[O-])c1. The van der Waals surface area contributed by atoms with E-state index in [4.69, 9.17) is 0 Å². The number of benzene rings is 2. The van der Waals surface area contributed by atoms with Gasteiger partial charge in [0.2, 0.25) is 0 Å². The molecule has 26 heavy (non-hydrogen) atoms. The van der Waals surface area contributed by atoms with Crippen LogP contribution in [0.15, 0.2) is 48.5 Å². The molecule has 0 saturated carbocycles. The summed E-state index contributed by atoms with van der Waals surface area (Å²) in [5.74, 6) is 0. The number of nitro benzene ring substituents is 2. The van der Waals surface area contributed by atoms with Crippen molar-refractivity contribution in [3.8, 4) is 0 Å². The van der Waals surface area contributed by atoms with E-state index in [2.05, 4.69) is 15.5 Å². The Balaban J connectivity index is 1.80. The van der Waals surface area contributed by atoms with E-state index in [-0.39, 0.29) is 32.9 Å². The Morgan fingerprint density at radius 3 is 2.50 bits per heavy atom. The number of rotatable bonds is 7. The Kier molecular flexibility index (Phi) is 5.30. The first-order valence-electron chi connectivity index (χ1n) is 7.39. The molecule has 132 valence electrons. The molecule has 0 fully saturated rings. The molecule has 3 aromatic rings. The second kappa shape index (κ2) is 7.81. The maximum absolute atomic E-state index is 11.2. The normalized spacial score (nSPS) is 10.6. The molecular formula is C15H12N6O4Se. The van der Waals surface area contributed by atoms with Crippen LogP contribution in [0.4, 0.5) is 11.4 Å². The van der Waals surface area contributed by atoms with E-state index in [9.17, 15) is 20.2 Å². The van der Waals surface area contributed by atoms with E-state index < -0.39 is 9.85 Å². The van der Waals surface area contributed by atoms with Gasteiger partial charge in [-0.3, -0.25) is 0 Å². The van der Waals surface area contributed by atoms with Crippen LogP contribution < -0.4 is 4.72 Å². The summed E-state index contributed by atoms with van der Waals surface area (Å²) in [6.45, 7) is 0.0766. The Bertz CT molecular complexity index is 946. The second-order valence-corrected chi connectivity index (χ2v) is 7.20. The average molecular weight is 419 g/mol. The topological polar surface area (TPSA) is 130 Å². The van der Waals surface area contributed by atoms with Crippen LogP contribution in [0.1, 0.15) is 11.1 Å². The van der Waals surface area contributed by atoms with Gasteiger partial charge in [-0.15, -0.1) is 0 Å². The van der Waals surface area contributed by atoms with Crippen LogP contribution in [0.3, 0.4) is 0 Å². The fraction of sp³-hybridized carbons (Fsp3) is 0.133. The number of nitrogens with zero attached hydrogens (tertiary/aromatic N) is 6. The van der Waals surface area contributed by atoms with Crippen LogP contribution in [-0.4, -0.2) is 45.0 Å². The molecule has 3 rings (SSSR count). The summed E-state index contributed by atoms with van der Waals surface area (Å²) in [5.41, 5.74) is 0.815. The molecule has 0 aliphatic rings. The first-order chi connectivity index (χ1) is 12.5. The van der Waals surface area contributed by atoms with Crippen LogP contribution in [0.25, 0.3) is 0 Å². The van der Waals surface area contributed by atoms with E-state index in [1.54, 1.807) is 0 Å². The zero-order valence-corrected chi connectivity index (χ0v) is 15.0. The van der Waals surface area contributed by atoms with E-state index in [1.165, 1.54) is 16.8 Å². The Hall–Kier alpha value is -3.17. The molecule has 11 heteroatoms. The summed E-state index contributed by atoms with van der Waals surface area (Å²) in [4.78, 5) is 20.8. The predicted octanol–water partition coefficient (Wildman–Crippen LogP) is 1.07. The fourth-order valence-corrected chi connectivity index (χ4v) is 4.00. The van der Waals surface area contributed by atoms with Crippen LogP contribution in [0.5, 0.6) is 0 Å². The molecule has 1 aromatic heterocycles. The molecule has 2 aromatic carbocycles. The molecule has 0 amide bonds. The van der Waals surface area contributed by atoms with Gasteiger partial charge in [-0.1, -0.05) is 0 Å². The fourth-order valence-electron chi connectivity index (χ4n) is 2.25. The molecule has 1 heterocycles. The first-order valence-corrected chi connectivity index (χ1v) is 9.46. The van der Waals surface area contributed by atoms with Gasteiger partial charge >= 0.3 is 153 Å². The van der Waals surface area contributed by atoms with Gasteiger partial charge in [-0.05, 0) is 0 Å². The quantitative estimate of drug-likeness (QED) is 0.318. The van der Waals surface area contributed by atoms with Gasteiger partial charge in [0.15, 0.2) is 0 Å². The summed E-state index contributed by atoms with van der Waals surface area (Å²) in [5, 5.41) is 34.4. The Morgan fingerprint density at radius 2 is 1.81 bits per heavy atom. The number of aromatic nitrogens is 4. The van der Waals surface area contributed by atoms with Crippen molar-refractivity contribution < 1.29 is 9.85 Å². The average Bonchev–Trinajstić information content (AvgIpc) is 3.08. The second-order valence-electron chi connectivity index (χ2n) is 5.22. The standard InChI is InChI=1S/C15H12N6O4Se/c22-20(23)13-7-6-12(14(8-13)21(24)25)9-19-15(16-17-18-19)26-10-11-4-2-1-3-5-11/h1-8H,9-10H2. The first kappa shape index (κ1) is 17.6. The predicted molar refractivity (Wildman–Crippen MR) is 92.2 cm³/mol. The molecule has 10 nitrogen and oxygen atoms in total. The monoisotopic (exact) mass is 420 g/mol. The van der Waals surface area contributed by atoms with Gasteiger partial charge in [0.25, 0.3) is 0 Å². The molecule has 0 bridgehead atoms. The van der Waals surface area contributed by atoms with Gasteiger partial charge in [-0.25, -0.2) is 0 Å². The Morgan fingerprint density at radius 1 is 1.04 bits per heavy atom. The summed E-state index contributed by atoms with van der Waals surface area (Å²) in [6.07, 6.45) is 0. The molecule has 0 atom stereocenters. The van der Waals surface area contributed by atoms with Gasteiger partial charge in [0.05, 0.1) is 0 Å². The number of non-ortho nitro benzene ring substituents is 1. The molecular weight excluding hydrogens is 407 g/mol. The number of hydrogen-bond acceptors (Lipinski definition) is 7. The van der Waals surface area contributed by atoms with Crippen molar-refractivity contribution in [3.05, 3.63) is 79.9 Å². The molecule has 0 aliphatic heterocycles. The number of tetrazole rings is 1. The third-order valence-electron chi connectivity index (χ3n) is 3.51. The zero-order chi connectivity index (χ0) is 18.5. The van der Waals surface area contributed by atoms with Crippen molar-refractivity contribution >= 4 is 31.1 Å². The summed E-state index contributed by atoms with van der Waals surface area (Å²) in [6, 6.07) is 13.4. The maximum atomic E-state index is 11.2. The molecule has 0 N–H and O–H groups in total. The van der Waals surface area contributed by atoms with E-state index in [0.717, 1.165) is 16.9 Å². The van der Waals surface area contributed by atoms with Crippen LogP contribution in [-0.2, 0) is 11.9 Å². The van der Waals surface area contributed by atoms with Crippen LogP contribution in [0, 0.1) is 20.2 Å². The summed E-state index contributed by atoms with van der Waals surface area (Å²) < 4.78 is 2.14. The Labute approximate surface area is 153 Å². The third kappa shape index (κ3) is 4.08. The van der Waals surface area contributed by atoms with Crippen molar-refractivity contribution in [1.82, 2.24) is 20.2 Å². The summed E-state index contributed by atoms with van der Waals surface area (Å²) >= 11 is -0.0551. The van der Waals surface area contributed by atoms with E-state index in [0.29, 0.717) is 10.3 Å². The molecule has 0 spiro atoms. The van der Waals surface area contributed by atoms with Crippen molar-refractivity contribution in [1.29, 1.82) is 0 Å². The van der Waals surface area contributed by atoms with E-state index >= 15 is 0 Å². The zero-order valence-electron chi connectivity index (χ0n) is 13.3. The molecule has 0 unspecified atom stereocenters. The number of nitro groups is 2. The molecule has 0 saturated heterocycles. The minimum atomic E-state index is -0.664. The summed E-state index contributed by atoms with van der Waals surface area (Å²) in [7, 11) is 0. The van der Waals surface area contributed by atoms with E-state index in [1.807, 2.05) is 30.3 Å². The number of hydrogen-bond donors (Lipinski definition) is 0. The van der Waals surface area contributed by atoms with Crippen LogP contribution in [0.2, 0.25) is 0 Å². The van der Waals surface area contributed by atoms with Gasteiger partial charge in [0, 0.05) is 0 Å². The minimum absolute atomic E-state index is 0.0551. The molecule has 0 aliphatic carbocycles. The third-order valence-corrected chi connectivity index (χ3v) is 5.66.